The van der Waals surface area contributed by atoms with Crippen LogP contribution < -0.4 is 0 Å². The maximum atomic E-state index is 13.0. The Morgan fingerprint density at radius 3 is 2.33 bits per heavy atom. The molecule has 27 heavy (non-hydrogen) atoms. The summed E-state index contributed by atoms with van der Waals surface area (Å²) in [4.78, 5) is 29.8. The van der Waals surface area contributed by atoms with Gasteiger partial charge in [-0.25, -0.2) is 0 Å². The molecule has 2 atom stereocenters. The molecule has 2 amide bonds. The number of piperazine rings is 1. The summed E-state index contributed by atoms with van der Waals surface area (Å²) in [5, 5.41) is 0.612. The zero-order valence-corrected chi connectivity index (χ0v) is 16.2. The van der Waals surface area contributed by atoms with Crippen LogP contribution in [0.25, 0.3) is 0 Å². The highest BCUT2D eigenvalue weighted by Gasteiger charge is 2.43. The molecule has 0 spiro atoms. The number of likely N-dealkylation sites (tertiary alicyclic amines) is 1. The molecular weight excluding hydrogens is 360 g/mol. The average Bonchev–Trinajstić information content (AvgIpc) is 2.94. The Kier molecular flexibility index (Phi) is 4.92. The van der Waals surface area contributed by atoms with E-state index in [1.807, 2.05) is 59.2 Å². The van der Waals surface area contributed by atoms with Crippen molar-refractivity contribution in [2.24, 2.45) is 0 Å². The topological polar surface area (TPSA) is 40.6 Å². The van der Waals surface area contributed by atoms with Gasteiger partial charge in [0.15, 0.2) is 0 Å². The standard InChI is InChI=1S/C22H23ClN2O2/c1-15-19(8-5-9-20(15)23)22(27)24-13-17-10-11-18(14-24)25(17)21(26)12-16-6-3-2-4-7-16/h2-9,17-18H,10-14H2,1H3. The number of benzene rings is 2. The molecule has 0 radical (unpaired) electrons. The molecule has 2 heterocycles. The summed E-state index contributed by atoms with van der Waals surface area (Å²) in [6.45, 7) is 3.08. The smallest absolute Gasteiger partial charge is 0.254 e. The summed E-state index contributed by atoms with van der Waals surface area (Å²) in [5.41, 5.74) is 2.51. The molecule has 140 valence electrons. The quantitative estimate of drug-likeness (QED) is 0.812. The van der Waals surface area contributed by atoms with Gasteiger partial charge in [0.2, 0.25) is 5.91 Å². The van der Waals surface area contributed by atoms with Crippen molar-refractivity contribution in [2.45, 2.75) is 38.3 Å². The number of hydrogen-bond donors (Lipinski definition) is 0. The van der Waals surface area contributed by atoms with Crippen molar-refractivity contribution in [3.8, 4) is 0 Å². The van der Waals surface area contributed by atoms with Crippen molar-refractivity contribution in [3.63, 3.8) is 0 Å². The number of carbonyl (C=O) groups excluding carboxylic acids is 2. The number of hydrogen-bond acceptors (Lipinski definition) is 2. The number of halogens is 1. The molecule has 2 fully saturated rings. The van der Waals surface area contributed by atoms with E-state index in [1.54, 1.807) is 6.07 Å². The van der Waals surface area contributed by atoms with Gasteiger partial charge < -0.3 is 9.80 Å². The van der Waals surface area contributed by atoms with E-state index in [2.05, 4.69) is 0 Å². The van der Waals surface area contributed by atoms with E-state index in [0.717, 1.165) is 24.0 Å². The van der Waals surface area contributed by atoms with Gasteiger partial charge in [-0.15, -0.1) is 0 Å². The van der Waals surface area contributed by atoms with Crippen LogP contribution in [0.5, 0.6) is 0 Å². The van der Waals surface area contributed by atoms with Gasteiger partial charge in [-0.1, -0.05) is 48.0 Å². The summed E-state index contributed by atoms with van der Waals surface area (Å²) in [5.74, 6) is 0.182. The predicted molar refractivity (Wildman–Crippen MR) is 106 cm³/mol. The number of nitrogens with zero attached hydrogens (tertiary/aromatic N) is 2. The monoisotopic (exact) mass is 382 g/mol. The molecule has 2 saturated heterocycles. The Bertz CT molecular complexity index is 854. The second-order valence-electron chi connectivity index (χ2n) is 7.47. The van der Waals surface area contributed by atoms with E-state index in [4.69, 9.17) is 11.6 Å². The highest BCUT2D eigenvalue weighted by Crippen LogP contribution is 2.32. The third kappa shape index (κ3) is 3.46. The van der Waals surface area contributed by atoms with Crippen LogP contribution in [0.2, 0.25) is 5.02 Å². The van der Waals surface area contributed by atoms with E-state index in [1.165, 1.54) is 0 Å². The van der Waals surface area contributed by atoms with Crippen LogP contribution in [-0.4, -0.2) is 46.8 Å². The van der Waals surface area contributed by atoms with Gasteiger partial charge in [0, 0.05) is 35.8 Å². The maximum Gasteiger partial charge on any atom is 0.254 e. The molecule has 0 aliphatic carbocycles. The summed E-state index contributed by atoms with van der Waals surface area (Å²) >= 11 is 6.18. The fourth-order valence-corrected chi connectivity index (χ4v) is 4.52. The molecule has 4 rings (SSSR count). The Hall–Kier alpha value is -2.33. The molecule has 4 nitrogen and oxygen atoms in total. The molecule has 0 N–H and O–H groups in total. The van der Waals surface area contributed by atoms with Crippen LogP contribution >= 0.6 is 11.6 Å². The minimum absolute atomic E-state index is 0.0158. The lowest BCUT2D eigenvalue weighted by molar-refractivity contribution is -0.135. The normalized spacial score (nSPS) is 21.4. The number of fused-ring (bicyclic) bond motifs is 2. The summed E-state index contributed by atoms with van der Waals surface area (Å²) in [6, 6.07) is 15.5. The molecule has 2 aromatic rings. The van der Waals surface area contributed by atoms with Crippen LogP contribution in [0.4, 0.5) is 0 Å². The first-order valence-corrected chi connectivity index (χ1v) is 9.82. The zero-order chi connectivity index (χ0) is 19.0. The molecule has 2 unspecified atom stereocenters. The van der Waals surface area contributed by atoms with E-state index in [-0.39, 0.29) is 23.9 Å². The lowest BCUT2D eigenvalue weighted by Gasteiger charge is -2.41. The fraction of sp³-hybridized carbons (Fsp3) is 0.364. The van der Waals surface area contributed by atoms with Crippen LogP contribution in [0.1, 0.15) is 34.3 Å². The van der Waals surface area contributed by atoms with Crippen molar-refractivity contribution < 1.29 is 9.59 Å². The molecule has 2 aliphatic rings. The van der Waals surface area contributed by atoms with Crippen molar-refractivity contribution >= 4 is 23.4 Å². The highest BCUT2D eigenvalue weighted by atomic mass is 35.5. The van der Waals surface area contributed by atoms with Crippen molar-refractivity contribution in [1.29, 1.82) is 0 Å². The third-order valence-electron chi connectivity index (χ3n) is 5.75. The summed E-state index contributed by atoms with van der Waals surface area (Å²) < 4.78 is 0. The van der Waals surface area contributed by atoms with E-state index < -0.39 is 0 Å². The van der Waals surface area contributed by atoms with E-state index >= 15 is 0 Å². The second kappa shape index (κ2) is 7.35. The Morgan fingerprint density at radius 2 is 1.67 bits per heavy atom. The van der Waals surface area contributed by atoms with Gasteiger partial charge >= 0.3 is 0 Å². The Labute approximate surface area is 164 Å². The van der Waals surface area contributed by atoms with Gasteiger partial charge in [-0.3, -0.25) is 9.59 Å². The first-order chi connectivity index (χ1) is 13.0. The number of carbonyl (C=O) groups is 2. The molecule has 5 heteroatoms. The third-order valence-corrected chi connectivity index (χ3v) is 6.16. The molecule has 2 aromatic carbocycles. The number of rotatable bonds is 3. The lowest BCUT2D eigenvalue weighted by Crippen LogP contribution is -2.57. The minimum atomic E-state index is 0.0158. The molecule has 2 bridgehead atoms. The second-order valence-corrected chi connectivity index (χ2v) is 7.88. The van der Waals surface area contributed by atoms with Crippen molar-refractivity contribution in [2.75, 3.05) is 13.1 Å². The molecule has 0 saturated carbocycles. The Balaban J connectivity index is 1.48. The maximum absolute atomic E-state index is 13.0. The fourth-order valence-electron chi connectivity index (χ4n) is 4.35. The largest absolute Gasteiger partial charge is 0.335 e. The van der Waals surface area contributed by atoms with Crippen LogP contribution in [-0.2, 0) is 11.2 Å². The summed E-state index contributed by atoms with van der Waals surface area (Å²) in [7, 11) is 0. The van der Waals surface area contributed by atoms with Crippen LogP contribution in [0.15, 0.2) is 48.5 Å². The van der Waals surface area contributed by atoms with Gasteiger partial charge in [0.1, 0.15) is 0 Å². The lowest BCUT2D eigenvalue weighted by atomic mass is 10.0. The zero-order valence-electron chi connectivity index (χ0n) is 15.4. The minimum Gasteiger partial charge on any atom is -0.335 e. The Morgan fingerprint density at radius 1 is 1.00 bits per heavy atom. The van der Waals surface area contributed by atoms with E-state index in [9.17, 15) is 9.59 Å². The molecule has 2 aliphatic heterocycles. The summed E-state index contributed by atoms with van der Waals surface area (Å²) in [6.07, 6.45) is 2.35. The first-order valence-electron chi connectivity index (χ1n) is 9.44. The van der Waals surface area contributed by atoms with Crippen molar-refractivity contribution in [1.82, 2.24) is 9.80 Å². The van der Waals surface area contributed by atoms with Gasteiger partial charge in [0.25, 0.3) is 5.91 Å². The number of amides is 2. The predicted octanol–water partition coefficient (Wildman–Crippen LogP) is 3.71. The molecule has 0 aromatic heterocycles. The van der Waals surface area contributed by atoms with Crippen LogP contribution in [0, 0.1) is 6.92 Å². The molecular formula is C22H23ClN2O2. The highest BCUT2D eigenvalue weighted by molar-refractivity contribution is 6.31. The van der Waals surface area contributed by atoms with Gasteiger partial charge in [-0.05, 0) is 43.0 Å². The SMILES string of the molecule is Cc1c(Cl)cccc1C(=O)N1CC2CCC(C1)N2C(=O)Cc1ccccc1. The van der Waals surface area contributed by atoms with Gasteiger partial charge in [0.05, 0.1) is 6.42 Å². The van der Waals surface area contributed by atoms with Crippen molar-refractivity contribution in [3.05, 3.63) is 70.2 Å². The first kappa shape index (κ1) is 18.1. The average molecular weight is 383 g/mol. The van der Waals surface area contributed by atoms with E-state index in [0.29, 0.717) is 30.1 Å². The van der Waals surface area contributed by atoms with Crippen LogP contribution in [0.3, 0.4) is 0 Å². The van der Waals surface area contributed by atoms with Gasteiger partial charge in [-0.2, -0.15) is 0 Å².